The lowest BCUT2D eigenvalue weighted by molar-refractivity contribution is -0.160. The second-order valence-electron chi connectivity index (χ2n) is 12.8. The highest BCUT2D eigenvalue weighted by molar-refractivity contribution is 6.05. The number of nitrogens with zero attached hydrogens (tertiary/aromatic N) is 2. The van der Waals surface area contributed by atoms with E-state index in [2.05, 4.69) is 10.2 Å². The smallest absolute Gasteiger partial charge is 0.385 e. The lowest BCUT2D eigenvalue weighted by Gasteiger charge is -2.50. The summed E-state index contributed by atoms with van der Waals surface area (Å²) >= 11 is 0. The van der Waals surface area contributed by atoms with Crippen LogP contribution in [0.25, 0.3) is 0 Å². The number of piperidine rings is 2. The Hall–Kier alpha value is -3.24. The van der Waals surface area contributed by atoms with Gasteiger partial charge in [-0.15, -0.1) is 0 Å². The van der Waals surface area contributed by atoms with Crippen molar-refractivity contribution in [3.63, 3.8) is 0 Å². The molecule has 6 rings (SSSR count). The maximum absolute atomic E-state index is 13.5. The minimum absolute atomic E-state index is 0.139. The van der Waals surface area contributed by atoms with Crippen molar-refractivity contribution in [3.8, 4) is 0 Å². The predicted octanol–water partition coefficient (Wildman–Crippen LogP) is 4.16. The van der Waals surface area contributed by atoms with Gasteiger partial charge in [-0.3, -0.25) is 24.6 Å². The fourth-order valence-electron chi connectivity index (χ4n) is 6.98. The van der Waals surface area contributed by atoms with Gasteiger partial charge >= 0.3 is 6.18 Å². The normalized spacial score (nSPS) is 27.5. The fourth-order valence-corrected chi connectivity index (χ4v) is 6.98. The molecule has 1 aliphatic carbocycles. The summed E-state index contributed by atoms with van der Waals surface area (Å²) in [6.07, 6.45) is -3.04. The first kappa shape index (κ1) is 27.9. The van der Waals surface area contributed by atoms with E-state index in [1.54, 1.807) is 36.4 Å². The lowest BCUT2D eigenvalue weighted by Crippen LogP contribution is -2.55. The number of amides is 3. The van der Waals surface area contributed by atoms with Crippen LogP contribution in [-0.4, -0.2) is 57.9 Å². The molecule has 3 aliphatic heterocycles. The molecule has 2 aromatic carbocycles. The number of rotatable bonds is 5. The topological polar surface area (TPSA) is 89.9 Å². The van der Waals surface area contributed by atoms with E-state index in [4.69, 9.17) is 0 Å². The number of hydrogen-bond donors (Lipinski definition) is 2. The molecule has 0 radical (unpaired) electrons. The molecule has 3 amide bonds. The lowest BCUT2D eigenvalue weighted by atomic mass is 9.66. The van der Waals surface area contributed by atoms with Gasteiger partial charge in [-0.05, 0) is 54.0 Å². The van der Waals surface area contributed by atoms with Gasteiger partial charge in [0.1, 0.15) is 6.04 Å². The Bertz CT molecular complexity index is 1420. The molecule has 41 heavy (non-hydrogen) atoms. The van der Waals surface area contributed by atoms with Crippen LogP contribution in [0.4, 0.5) is 13.2 Å². The number of halogens is 3. The van der Waals surface area contributed by atoms with Crippen molar-refractivity contribution in [1.29, 1.82) is 0 Å². The van der Waals surface area contributed by atoms with Crippen LogP contribution < -0.4 is 5.32 Å². The molecule has 3 heterocycles. The summed E-state index contributed by atoms with van der Waals surface area (Å²) in [4.78, 5) is 40.8. The Morgan fingerprint density at radius 1 is 1.00 bits per heavy atom. The highest BCUT2D eigenvalue weighted by Crippen LogP contribution is 2.59. The third kappa shape index (κ3) is 4.55. The maximum atomic E-state index is 13.5. The average Bonchev–Trinajstić information content (AvgIpc) is 3.66. The van der Waals surface area contributed by atoms with Gasteiger partial charge in [-0.2, -0.15) is 13.2 Å². The molecule has 1 saturated carbocycles. The number of nitrogens with one attached hydrogen (secondary N) is 1. The Morgan fingerprint density at radius 2 is 1.68 bits per heavy atom. The standard InChI is InChI=1S/C31H34F3N3O4/c1-28(2)18-36(16-19-3-5-21(6-4-19)29(11-12-29)31(32,33)34)14-13-30(28,41)22-7-8-23-20(15-22)17-37(27(23)40)24-9-10-25(38)35-26(24)39/h3-8,15,24,41H,9-14,16-18H2,1-2H3,(H,35,38,39). The Labute approximate surface area is 236 Å². The number of carbonyl (C=O) groups is 3. The van der Waals surface area contributed by atoms with E-state index in [-0.39, 0.29) is 44.0 Å². The van der Waals surface area contributed by atoms with Crippen molar-refractivity contribution in [3.05, 3.63) is 70.3 Å². The maximum Gasteiger partial charge on any atom is 0.398 e. The van der Waals surface area contributed by atoms with E-state index in [9.17, 15) is 32.7 Å². The molecule has 10 heteroatoms. The van der Waals surface area contributed by atoms with Crippen molar-refractivity contribution in [1.82, 2.24) is 15.1 Å². The average molecular weight is 570 g/mol. The summed E-state index contributed by atoms with van der Waals surface area (Å²) in [5.74, 6) is -1.05. The summed E-state index contributed by atoms with van der Waals surface area (Å²) in [5.41, 5.74) is -0.210. The largest absolute Gasteiger partial charge is 0.398 e. The van der Waals surface area contributed by atoms with E-state index < -0.39 is 34.6 Å². The number of imide groups is 1. The molecule has 0 bridgehead atoms. The van der Waals surface area contributed by atoms with Crippen LogP contribution in [0.1, 0.15) is 78.6 Å². The van der Waals surface area contributed by atoms with Gasteiger partial charge in [0, 0.05) is 43.6 Å². The Kier molecular flexibility index (Phi) is 6.39. The van der Waals surface area contributed by atoms with E-state index in [0.717, 1.165) is 11.1 Å². The van der Waals surface area contributed by atoms with E-state index in [1.165, 1.54) is 4.90 Å². The third-order valence-corrected chi connectivity index (χ3v) is 9.73. The number of fused-ring (bicyclic) bond motifs is 1. The zero-order valence-electron chi connectivity index (χ0n) is 23.2. The van der Waals surface area contributed by atoms with Crippen LogP contribution in [0, 0.1) is 5.41 Å². The van der Waals surface area contributed by atoms with Crippen LogP contribution in [0.15, 0.2) is 42.5 Å². The first-order valence-corrected chi connectivity index (χ1v) is 14.1. The monoisotopic (exact) mass is 569 g/mol. The Balaban J connectivity index is 1.15. The van der Waals surface area contributed by atoms with Crippen LogP contribution in [-0.2, 0) is 33.7 Å². The molecule has 2 aromatic rings. The van der Waals surface area contributed by atoms with Crippen molar-refractivity contribution in [2.75, 3.05) is 13.1 Å². The summed E-state index contributed by atoms with van der Waals surface area (Å²) in [6.45, 7) is 5.96. The first-order chi connectivity index (χ1) is 19.2. The molecule has 0 spiro atoms. The Morgan fingerprint density at radius 3 is 2.29 bits per heavy atom. The second-order valence-corrected chi connectivity index (χ2v) is 12.8. The molecule has 2 saturated heterocycles. The zero-order valence-corrected chi connectivity index (χ0v) is 23.2. The van der Waals surface area contributed by atoms with Crippen LogP contribution in [0.3, 0.4) is 0 Å². The van der Waals surface area contributed by atoms with Gasteiger partial charge in [0.05, 0.1) is 11.0 Å². The number of hydrogen-bond acceptors (Lipinski definition) is 5. The summed E-state index contributed by atoms with van der Waals surface area (Å²) in [6, 6.07) is 11.4. The molecule has 0 aromatic heterocycles. The molecule has 2 atom stereocenters. The highest BCUT2D eigenvalue weighted by Gasteiger charge is 2.64. The van der Waals surface area contributed by atoms with E-state index in [1.807, 2.05) is 19.9 Å². The molecule has 2 N–H and O–H groups in total. The summed E-state index contributed by atoms with van der Waals surface area (Å²) < 4.78 is 40.5. The minimum Gasteiger partial charge on any atom is -0.385 e. The molecule has 218 valence electrons. The van der Waals surface area contributed by atoms with Gasteiger partial charge < -0.3 is 10.0 Å². The molecular weight excluding hydrogens is 535 g/mol. The molecular formula is C31H34F3N3O4. The molecule has 2 unspecified atom stereocenters. The summed E-state index contributed by atoms with van der Waals surface area (Å²) in [7, 11) is 0. The third-order valence-electron chi connectivity index (χ3n) is 9.73. The van der Waals surface area contributed by atoms with E-state index >= 15 is 0 Å². The molecule has 3 fully saturated rings. The van der Waals surface area contributed by atoms with Gasteiger partial charge in [0.2, 0.25) is 11.8 Å². The minimum atomic E-state index is -4.23. The van der Waals surface area contributed by atoms with Crippen LogP contribution in [0.5, 0.6) is 0 Å². The van der Waals surface area contributed by atoms with Crippen LogP contribution >= 0.6 is 0 Å². The highest BCUT2D eigenvalue weighted by atomic mass is 19.4. The van der Waals surface area contributed by atoms with Crippen molar-refractivity contribution in [2.24, 2.45) is 5.41 Å². The van der Waals surface area contributed by atoms with E-state index in [0.29, 0.717) is 42.7 Å². The van der Waals surface area contributed by atoms with Gasteiger partial charge in [-0.25, -0.2) is 0 Å². The number of carbonyl (C=O) groups excluding carboxylic acids is 3. The predicted molar refractivity (Wildman–Crippen MR) is 143 cm³/mol. The van der Waals surface area contributed by atoms with Crippen molar-refractivity contribution >= 4 is 17.7 Å². The van der Waals surface area contributed by atoms with Gasteiger partial charge in [0.15, 0.2) is 0 Å². The second kappa shape index (κ2) is 9.39. The number of alkyl halides is 3. The SMILES string of the molecule is CC1(C)CN(Cc2ccc(C3(C(F)(F)F)CC3)cc2)CCC1(O)c1ccc2c(c1)CN(C1CCC(=O)NC1=O)C2=O. The zero-order chi connectivity index (χ0) is 29.4. The summed E-state index contributed by atoms with van der Waals surface area (Å²) in [5, 5.41) is 14.3. The van der Waals surface area contributed by atoms with Gasteiger partial charge in [-0.1, -0.05) is 50.2 Å². The molecule has 4 aliphatic rings. The quantitative estimate of drug-likeness (QED) is 0.528. The number of aliphatic hydroxyl groups is 1. The number of benzene rings is 2. The fraction of sp³-hybridized carbons (Fsp3) is 0.516. The first-order valence-electron chi connectivity index (χ1n) is 14.1. The van der Waals surface area contributed by atoms with Crippen LogP contribution in [0.2, 0.25) is 0 Å². The van der Waals surface area contributed by atoms with Crippen molar-refractivity contribution < 1.29 is 32.7 Å². The molecule has 7 nitrogen and oxygen atoms in total. The van der Waals surface area contributed by atoms with Crippen molar-refractivity contribution in [2.45, 2.75) is 82.3 Å². The van der Waals surface area contributed by atoms with Gasteiger partial charge in [0.25, 0.3) is 5.91 Å². The number of likely N-dealkylation sites (tertiary alicyclic amines) is 1.